The molecule has 1 amide bonds. The number of rotatable bonds is 5. The van der Waals surface area contributed by atoms with E-state index in [0.717, 1.165) is 15.6 Å². The Morgan fingerprint density at radius 3 is 2.55 bits per heavy atom. The molecule has 31 heavy (non-hydrogen) atoms. The van der Waals surface area contributed by atoms with Gasteiger partial charge in [0.15, 0.2) is 0 Å². The lowest BCUT2D eigenvalue weighted by atomic mass is 10.2. The van der Waals surface area contributed by atoms with Crippen LogP contribution in [0.1, 0.15) is 20.8 Å². The lowest BCUT2D eigenvalue weighted by Crippen LogP contribution is -2.21. The fourth-order valence-corrected chi connectivity index (χ4v) is 6.43. The number of hydrogen-bond donors (Lipinski definition) is 1. The van der Waals surface area contributed by atoms with E-state index in [4.69, 9.17) is 23.2 Å². The van der Waals surface area contributed by atoms with Gasteiger partial charge in [0.05, 0.1) is 24.5 Å². The van der Waals surface area contributed by atoms with Crippen molar-refractivity contribution in [3.8, 4) is 0 Å². The number of nitrogens with one attached hydrogen (secondary N) is 1. The number of aryl methyl sites for hydroxylation is 1. The van der Waals surface area contributed by atoms with Gasteiger partial charge in [0.1, 0.15) is 4.90 Å². The van der Waals surface area contributed by atoms with Gasteiger partial charge in [-0.05, 0) is 53.8 Å². The van der Waals surface area contributed by atoms with E-state index in [-0.39, 0.29) is 32.3 Å². The van der Waals surface area contributed by atoms with Gasteiger partial charge in [0, 0.05) is 18.9 Å². The summed E-state index contributed by atoms with van der Waals surface area (Å²) in [6.07, 6.45) is 3.41. The third-order valence-electron chi connectivity index (χ3n) is 4.74. The molecule has 0 fully saturated rings. The quantitative estimate of drug-likeness (QED) is 0.390. The van der Waals surface area contributed by atoms with Crippen molar-refractivity contribution in [1.82, 2.24) is 10.3 Å². The molecular formula is C22H16Cl2N2O3S2. The minimum atomic E-state index is -3.88. The van der Waals surface area contributed by atoms with Crippen molar-refractivity contribution in [3.05, 3.63) is 87.0 Å². The summed E-state index contributed by atoms with van der Waals surface area (Å²) in [5.41, 5.74) is 1.39. The number of fused-ring (bicyclic) bond motifs is 1. The molecule has 1 N–H and O–H groups in total. The van der Waals surface area contributed by atoms with Crippen molar-refractivity contribution < 1.29 is 13.2 Å². The molecule has 0 aliphatic rings. The monoisotopic (exact) mass is 490 g/mol. The van der Waals surface area contributed by atoms with Crippen LogP contribution >= 0.6 is 34.5 Å². The predicted octanol–water partition coefficient (Wildman–Crippen LogP) is 5.67. The van der Waals surface area contributed by atoms with Gasteiger partial charge >= 0.3 is 0 Å². The molecule has 5 nitrogen and oxygen atoms in total. The van der Waals surface area contributed by atoms with E-state index in [9.17, 15) is 13.2 Å². The Bertz CT molecular complexity index is 1370. The van der Waals surface area contributed by atoms with Gasteiger partial charge in [-0.25, -0.2) is 8.42 Å². The third kappa shape index (κ3) is 4.32. The minimum Gasteiger partial charge on any atom is -0.347 e. The number of amides is 1. The summed E-state index contributed by atoms with van der Waals surface area (Å²) in [6.45, 7) is 1.98. The second-order valence-corrected chi connectivity index (χ2v) is 10.6. The van der Waals surface area contributed by atoms with Crippen LogP contribution in [0.2, 0.25) is 10.0 Å². The van der Waals surface area contributed by atoms with E-state index in [1.54, 1.807) is 37.5 Å². The molecule has 0 aliphatic carbocycles. The number of nitrogens with zero attached hydrogens (tertiary/aromatic N) is 1. The first-order valence-corrected chi connectivity index (χ1v) is 12.2. The maximum Gasteiger partial charge on any atom is 0.261 e. The van der Waals surface area contributed by atoms with E-state index in [1.165, 1.54) is 29.5 Å². The van der Waals surface area contributed by atoms with Crippen LogP contribution in [0.15, 0.2) is 70.7 Å². The summed E-state index contributed by atoms with van der Waals surface area (Å²) >= 11 is 13.7. The molecule has 0 radical (unpaired) electrons. The summed E-state index contributed by atoms with van der Waals surface area (Å²) in [5.74, 6) is -0.198. The van der Waals surface area contributed by atoms with Crippen molar-refractivity contribution in [2.75, 3.05) is 0 Å². The average molecular weight is 491 g/mol. The van der Waals surface area contributed by atoms with Crippen molar-refractivity contribution in [2.24, 2.45) is 0 Å². The fraction of sp³-hybridized carbons (Fsp3) is 0.0909. The zero-order chi connectivity index (χ0) is 22.2. The van der Waals surface area contributed by atoms with Gasteiger partial charge < -0.3 is 5.32 Å². The standard InChI is InChI=1S/C22H16Cl2N2O3S2/c1-13-2-7-17(23)21(20(13)24)31(28,29)16-5-3-14(4-6-16)11-26-22(27)18-10-15-8-9-25-12-19(15)30-18/h2-10,12H,11H2,1H3,(H,26,27). The lowest BCUT2D eigenvalue weighted by Gasteiger charge is -2.11. The molecule has 0 unspecified atom stereocenters. The molecule has 0 atom stereocenters. The number of thiophene rings is 1. The molecule has 2 aromatic heterocycles. The SMILES string of the molecule is Cc1ccc(Cl)c(S(=O)(=O)c2ccc(CNC(=O)c3cc4ccncc4s3)cc2)c1Cl. The highest BCUT2D eigenvalue weighted by atomic mass is 35.5. The number of carbonyl (C=O) groups is 1. The Morgan fingerprint density at radius 2 is 1.84 bits per heavy atom. The molecule has 4 rings (SSSR count). The van der Waals surface area contributed by atoms with Crippen LogP contribution < -0.4 is 5.32 Å². The van der Waals surface area contributed by atoms with E-state index in [1.807, 2.05) is 12.1 Å². The van der Waals surface area contributed by atoms with E-state index in [2.05, 4.69) is 10.3 Å². The van der Waals surface area contributed by atoms with Crippen LogP contribution in [0.5, 0.6) is 0 Å². The topological polar surface area (TPSA) is 76.1 Å². The van der Waals surface area contributed by atoms with Gasteiger partial charge in [0.25, 0.3) is 5.91 Å². The first-order valence-electron chi connectivity index (χ1n) is 9.18. The predicted molar refractivity (Wildman–Crippen MR) is 124 cm³/mol. The number of benzene rings is 2. The van der Waals surface area contributed by atoms with Gasteiger partial charge in [-0.3, -0.25) is 9.78 Å². The van der Waals surface area contributed by atoms with Crippen LogP contribution in [-0.2, 0) is 16.4 Å². The summed E-state index contributed by atoms with van der Waals surface area (Å²) in [7, 11) is -3.88. The maximum atomic E-state index is 13.0. The Kier molecular flexibility index (Phi) is 6.03. The fourth-order valence-electron chi connectivity index (χ4n) is 3.05. The highest BCUT2D eigenvalue weighted by Gasteiger charge is 2.25. The van der Waals surface area contributed by atoms with Crippen molar-refractivity contribution in [1.29, 1.82) is 0 Å². The molecule has 0 saturated heterocycles. The summed E-state index contributed by atoms with van der Waals surface area (Å²) < 4.78 is 27.0. The normalized spacial score (nSPS) is 11.6. The summed E-state index contributed by atoms with van der Waals surface area (Å²) in [5, 5.41) is 4.00. The number of sulfone groups is 1. The summed E-state index contributed by atoms with van der Waals surface area (Å²) in [6, 6.07) is 13.1. The molecular weight excluding hydrogens is 475 g/mol. The van der Waals surface area contributed by atoms with E-state index >= 15 is 0 Å². The number of hydrogen-bond acceptors (Lipinski definition) is 5. The molecule has 2 heterocycles. The highest BCUT2D eigenvalue weighted by Crippen LogP contribution is 2.35. The van der Waals surface area contributed by atoms with Gasteiger partial charge in [0.2, 0.25) is 9.84 Å². The molecule has 158 valence electrons. The van der Waals surface area contributed by atoms with Crippen LogP contribution in [0.4, 0.5) is 0 Å². The lowest BCUT2D eigenvalue weighted by molar-refractivity contribution is 0.0955. The zero-order valence-electron chi connectivity index (χ0n) is 16.2. The Hall–Kier alpha value is -2.45. The molecule has 9 heteroatoms. The van der Waals surface area contributed by atoms with Crippen LogP contribution in [0.25, 0.3) is 10.1 Å². The van der Waals surface area contributed by atoms with Crippen molar-refractivity contribution >= 4 is 60.4 Å². The average Bonchev–Trinajstić information content (AvgIpc) is 3.19. The second-order valence-electron chi connectivity index (χ2n) is 6.86. The highest BCUT2D eigenvalue weighted by molar-refractivity contribution is 7.91. The second kappa shape index (κ2) is 8.59. The summed E-state index contributed by atoms with van der Waals surface area (Å²) in [4.78, 5) is 17.1. The van der Waals surface area contributed by atoms with Gasteiger partial charge in [-0.2, -0.15) is 0 Å². The zero-order valence-corrected chi connectivity index (χ0v) is 19.4. The smallest absolute Gasteiger partial charge is 0.261 e. The largest absolute Gasteiger partial charge is 0.347 e. The molecule has 2 aromatic carbocycles. The van der Waals surface area contributed by atoms with Gasteiger partial charge in [-0.1, -0.05) is 41.4 Å². The Morgan fingerprint density at radius 1 is 1.10 bits per heavy atom. The Balaban J connectivity index is 1.50. The number of carbonyl (C=O) groups excluding carboxylic acids is 1. The van der Waals surface area contributed by atoms with E-state index in [0.29, 0.717) is 10.4 Å². The number of halogens is 2. The minimum absolute atomic E-state index is 0.0745. The molecule has 0 bridgehead atoms. The number of aromatic nitrogens is 1. The van der Waals surface area contributed by atoms with Crippen LogP contribution in [0.3, 0.4) is 0 Å². The van der Waals surface area contributed by atoms with Crippen molar-refractivity contribution in [2.45, 2.75) is 23.3 Å². The van der Waals surface area contributed by atoms with Gasteiger partial charge in [-0.15, -0.1) is 11.3 Å². The first kappa shape index (κ1) is 21.8. The molecule has 0 aliphatic heterocycles. The molecule has 0 spiro atoms. The number of pyridine rings is 1. The molecule has 0 saturated carbocycles. The first-order chi connectivity index (χ1) is 14.8. The Labute approximate surface area is 193 Å². The van der Waals surface area contributed by atoms with E-state index < -0.39 is 9.84 Å². The maximum absolute atomic E-state index is 13.0. The van der Waals surface area contributed by atoms with Crippen LogP contribution in [0, 0.1) is 6.92 Å². The third-order valence-corrected chi connectivity index (χ3v) is 8.71. The van der Waals surface area contributed by atoms with Crippen molar-refractivity contribution in [3.63, 3.8) is 0 Å². The van der Waals surface area contributed by atoms with Crippen LogP contribution in [-0.4, -0.2) is 19.3 Å². The molecule has 4 aromatic rings.